The lowest BCUT2D eigenvalue weighted by Crippen LogP contribution is -2.47. The third-order valence-corrected chi connectivity index (χ3v) is 4.78. The SMILES string of the molecule is CO[C@@H]1CCN(C(=O)c2ccnc(C)c2)C[C@H]1Cc1cccc(F)c1. The van der Waals surface area contributed by atoms with Gasteiger partial charge in [0.15, 0.2) is 0 Å². The highest BCUT2D eigenvalue weighted by atomic mass is 19.1. The zero-order valence-corrected chi connectivity index (χ0v) is 14.6. The summed E-state index contributed by atoms with van der Waals surface area (Å²) in [5, 5.41) is 0. The predicted molar refractivity (Wildman–Crippen MR) is 93.9 cm³/mol. The summed E-state index contributed by atoms with van der Waals surface area (Å²) in [6.45, 7) is 3.15. The molecule has 0 unspecified atom stereocenters. The number of carbonyl (C=O) groups is 1. The Kier molecular flexibility index (Phi) is 5.43. The molecule has 2 aromatic rings. The van der Waals surface area contributed by atoms with Gasteiger partial charge in [0.25, 0.3) is 5.91 Å². The van der Waals surface area contributed by atoms with E-state index < -0.39 is 0 Å². The fourth-order valence-corrected chi connectivity index (χ4v) is 3.53. The van der Waals surface area contributed by atoms with Crippen LogP contribution in [0.4, 0.5) is 4.39 Å². The summed E-state index contributed by atoms with van der Waals surface area (Å²) in [6.07, 6.45) is 3.21. The molecule has 4 nitrogen and oxygen atoms in total. The van der Waals surface area contributed by atoms with Crippen LogP contribution in [0.25, 0.3) is 0 Å². The monoisotopic (exact) mass is 342 g/mol. The molecule has 5 heteroatoms. The summed E-state index contributed by atoms with van der Waals surface area (Å²) >= 11 is 0. The molecule has 2 atom stereocenters. The van der Waals surface area contributed by atoms with Gasteiger partial charge in [0.05, 0.1) is 6.10 Å². The quantitative estimate of drug-likeness (QED) is 0.857. The second-order valence-electron chi connectivity index (χ2n) is 6.59. The number of nitrogens with zero attached hydrogens (tertiary/aromatic N) is 2. The molecular formula is C20H23FN2O2. The molecule has 1 aliphatic rings. The van der Waals surface area contributed by atoms with Crippen molar-refractivity contribution in [3.8, 4) is 0 Å². The third-order valence-electron chi connectivity index (χ3n) is 4.78. The number of ether oxygens (including phenoxy) is 1. The number of amides is 1. The third kappa shape index (κ3) is 4.23. The second kappa shape index (κ2) is 7.74. The molecule has 1 saturated heterocycles. The number of aryl methyl sites for hydroxylation is 1. The van der Waals surface area contributed by atoms with Crippen LogP contribution in [-0.4, -0.2) is 42.1 Å². The van der Waals surface area contributed by atoms with Gasteiger partial charge in [-0.25, -0.2) is 4.39 Å². The Morgan fingerprint density at radius 3 is 2.92 bits per heavy atom. The fourth-order valence-electron chi connectivity index (χ4n) is 3.53. The molecule has 1 aromatic carbocycles. The number of piperidine rings is 1. The first-order valence-electron chi connectivity index (χ1n) is 8.56. The van der Waals surface area contributed by atoms with Crippen LogP contribution >= 0.6 is 0 Å². The van der Waals surface area contributed by atoms with Crippen molar-refractivity contribution in [2.45, 2.75) is 25.9 Å². The van der Waals surface area contributed by atoms with Gasteiger partial charge in [-0.15, -0.1) is 0 Å². The maximum absolute atomic E-state index is 13.5. The summed E-state index contributed by atoms with van der Waals surface area (Å²) in [4.78, 5) is 18.8. The van der Waals surface area contributed by atoms with Crippen molar-refractivity contribution < 1.29 is 13.9 Å². The van der Waals surface area contributed by atoms with E-state index in [9.17, 15) is 9.18 Å². The van der Waals surface area contributed by atoms with E-state index in [-0.39, 0.29) is 23.7 Å². The number of methoxy groups -OCH3 is 1. The highest BCUT2D eigenvalue weighted by Gasteiger charge is 2.32. The average molecular weight is 342 g/mol. The number of aromatic nitrogens is 1. The molecule has 3 rings (SSSR count). The molecule has 0 spiro atoms. The first kappa shape index (κ1) is 17.5. The molecule has 0 aliphatic carbocycles. The van der Waals surface area contributed by atoms with Crippen molar-refractivity contribution in [3.63, 3.8) is 0 Å². The lowest BCUT2D eigenvalue weighted by molar-refractivity contribution is -0.00302. The summed E-state index contributed by atoms with van der Waals surface area (Å²) in [5.41, 5.74) is 2.42. The lowest BCUT2D eigenvalue weighted by Gasteiger charge is -2.38. The van der Waals surface area contributed by atoms with Crippen molar-refractivity contribution in [3.05, 3.63) is 65.2 Å². The molecule has 25 heavy (non-hydrogen) atoms. The molecule has 1 amide bonds. The Bertz CT molecular complexity index is 750. The van der Waals surface area contributed by atoms with Crippen molar-refractivity contribution in [2.24, 2.45) is 5.92 Å². The van der Waals surface area contributed by atoms with Crippen molar-refractivity contribution in [2.75, 3.05) is 20.2 Å². The second-order valence-corrected chi connectivity index (χ2v) is 6.59. The number of likely N-dealkylation sites (tertiary alicyclic amines) is 1. The molecule has 1 aromatic heterocycles. The van der Waals surface area contributed by atoms with E-state index in [0.29, 0.717) is 25.1 Å². The van der Waals surface area contributed by atoms with Crippen molar-refractivity contribution in [1.29, 1.82) is 0 Å². The van der Waals surface area contributed by atoms with Crippen LogP contribution in [0.2, 0.25) is 0 Å². The average Bonchev–Trinajstić information content (AvgIpc) is 2.61. The topological polar surface area (TPSA) is 42.4 Å². The van der Waals surface area contributed by atoms with Crippen LogP contribution in [0.3, 0.4) is 0 Å². The zero-order valence-electron chi connectivity index (χ0n) is 14.6. The fraction of sp³-hybridized carbons (Fsp3) is 0.400. The van der Waals surface area contributed by atoms with E-state index in [4.69, 9.17) is 4.74 Å². The molecule has 0 N–H and O–H groups in total. The minimum absolute atomic E-state index is 0.0179. The van der Waals surface area contributed by atoms with Crippen molar-refractivity contribution in [1.82, 2.24) is 9.88 Å². The maximum atomic E-state index is 13.5. The van der Waals surface area contributed by atoms with Gasteiger partial charge in [-0.05, 0) is 49.6 Å². The van der Waals surface area contributed by atoms with E-state index >= 15 is 0 Å². The van der Waals surface area contributed by atoms with Gasteiger partial charge in [0.1, 0.15) is 5.82 Å². The van der Waals surface area contributed by atoms with Crippen LogP contribution in [0.5, 0.6) is 0 Å². The largest absolute Gasteiger partial charge is 0.381 e. The number of hydrogen-bond acceptors (Lipinski definition) is 3. The normalized spacial score (nSPS) is 20.5. The van der Waals surface area contributed by atoms with E-state index in [1.54, 1.807) is 31.5 Å². The summed E-state index contributed by atoms with van der Waals surface area (Å²) in [6, 6.07) is 10.2. The highest BCUT2D eigenvalue weighted by molar-refractivity contribution is 5.94. The lowest BCUT2D eigenvalue weighted by atomic mass is 9.88. The molecule has 0 bridgehead atoms. The van der Waals surface area contributed by atoms with Crippen LogP contribution in [0.15, 0.2) is 42.6 Å². The number of hydrogen-bond donors (Lipinski definition) is 0. The van der Waals surface area contributed by atoms with E-state index in [0.717, 1.165) is 17.7 Å². The Morgan fingerprint density at radius 2 is 2.20 bits per heavy atom. The standard InChI is InChI=1S/C20H23FN2O2/c1-14-10-16(6-8-22-14)20(24)23-9-7-19(25-2)17(13-23)11-15-4-3-5-18(21)12-15/h3-6,8,10,12,17,19H,7,9,11,13H2,1-2H3/t17-,19-/m1/s1. The summed E-state index contributed by atoms with van der Waals surface area (Å²) in [5.74, 6) is -0.0702. The number of halogens is 1. The smallest absolute Gasteiger partial charge is 0.253 e. The van der Waals surface area contributed by atoms with Crippen LogP contribution < -0.4 is 0 Å². The number of carbonyl (C=O) groups excluding carboxylic acids is 1. The Balaban J connectivity index is 1.74. The molecule has 132 valence electrons. The van der Waals surface area contributed by atoms with E-state index in [2.05, 4.69) is 4.98 Å². The van der Waals surface area contributed by atoms with Gasteiger partial charge in [-0.3, -0.25) is 9.78 Å². The number of pyridine rings is 1. The molecular weight excluding hydrogens is 319 g/mol. The molecule has 2 heterocycles. The molecule has 0 saturated carbocycles. The number of benzene rings is 1. The summed E-state index contributed by atoms with van der Waals surface area (Å²) < 4.78 is 19.1. The first-order valence-corrected chi connectivity index (χ1v) is 8.56. The van der Waals surface area contributed by atoms with Gasteiger partial charge in [0, 0.05) is 43.6 Å². The van der Waals surface area contributed by atoms with E-state index in [1.165, 1.54) is 6.07 Å². The Morgan fingerprint density at radius 1 is 1.36 bits per heavy atom. The molecule has 1 fully saturated rings. The van der Waals surface area contributed by atoms with Gasteiger partial charge in [0.2, 0.25) is 0 Å². The van der Waals surface area contributed by atoms with Crippen molar-refractivity contribution >= 4 is 5.91 Å². The Hall–Kier alpha value is -2.27. The molecule has 0 radical (unpaired) electrons. The van der Waals surface area contributed by atoms with Crippen LogP contribution in [0, 0.1) is 18.7 Å². The van der Waals surface area contributed by atoms with Gasteiger partial charge in [-0.2, -0.15) is 0 Å². The van der Waals surface area contributed by atoms with Crippen LogP contribution in [-0.2, 0) is 11.2 Å². The van der Waals surface area contributed by atoms with Gasteiger partial charge >= 0.3 is 0 Å². The van der Waals surface area contributed by atoms with Gasteiger partial charge in [-0.1, -0.05) is 12.1 Å². The zero-order chi connectivity index (χ0) is 17.8. The first-order chi connectivity index (χ1) is 12.1. The Labute approximate surface area is 147 Å². The highest BCUT2D eigenvalue weighted by Crippen LogP contribution is 2.25. The maximum Gasteiger partial charge on any atom is 0.253 e. The van der Waals surface area contributed by atoms with E-state index in [1.807, 2.05) is 24.0 Å². The van der Waals surface area contributed by atoms with Crippen LogP contribution in [0.1, 0.15) is 28.0 Å². The minimum Gasteiger partial charge on any atom is -0.381 e. The van der Waals surface area contributed by atoms with Gasteiger partial charge < -0.3 is 9.64 Å². The summed E-state index contributed by atoms with van der Waals surface area (Å²) in [7, 11) is 1.70. The predicted octanol–water partition coefficient (Wildman–Crippen LogP) is 3.25. The number of rotatable bonds is 4. The molecule has 1 aliphatic heterocycles. The minimum atomic E-state index is -0.234.